The number of carbonyl (C=O) groups excluding carboxylic acids is 4. The van der Waals surface area contributed by atoms with Gasteiger partial charge in [0.1, 0.15) is 11.8 Å². The predicted octanol–water partition coefficient (Wildman–Crippen LogP) is 3.51. The molecule has 2 heterocycles. The Morgan fingerprint density at radius 1 is 1.03 bits per heavy atom. The molecule has 3 amide bonds. The van der Waals surface area contributed by atoms with E-state index in [0.29, 0.717) is 24.1 Å². The van der Waals surface area contributed by atoms with Gasteiger partial charge >= 0.3 is 0 Å². The Morgan fingerprint density at radius 2 is 1.82 bits per heavy atom. The number of ketones is 1. The molecule has 3 aromatic carbocycles. The Bertz CT molecular complexity index is 1390. The summed E-state index contributed by atoms with van der Waals surface area (Å²) in [4.78, 5) is 50.7. The molecule has 3 aromatic rings. The molecule has 1 fully saturated rings. The number of piperidine rings is 1. The van der Waals surface area contributed by atoms with Gasteiger partial charge in [-0.2, -0.15) is 0 Å². The molecule has 2 aliphatic rings. The van der Waals surface area contributed by atoms with E-state index in [-0.39, 0.29) is 24.0 Å². The molecule has 7 heteroatoms. The number of hydrogen-bond acceptors (Lipinski definition) is 5. The summed E-state index contributed by atoms with van der Waals surface area (Å²) in [5.74, 6) is -0.327. The van der Waals surface area contributed by atoms with E-state index < -0.39 is 11.9 Å². The number of rotatable bonds is 5. The van der Waals surface area contributed by atoms with E-state index in [4.69, 9.17) is 4.74 Å². The van der Waals surface area contributed by atoms with E-state index in [1.165, 1.54) is 11.0 Å². The molecule has 170 valence electrons. The number of allylic oxidation sites excluding steroid dienone is 1. The van der Waals surface area contributed by atoms with Crippen LogP contribution in [0.4, 0.5) is 0 Å². The number of nitrogens with zero attached hydrogens (tertiary/aromatic N) is 1. The van der Waals surface area contributed by atoms with Crippen LogP contribution in [0.15, 0.2) is 60.7 Å². The van der Waals surface area contributed by atoms with Crippen LogP contribution in [0, 0.1) is 0 Å². The first-order valence-electron chi connectivity index (χ1n) is 11.0. The maximum atomic E-state index is 12.8. The van der Waals surface area contributed by atoms with E-state index in [0.717, 1.165) is 27.6 Å². The van der Waals surface area contributed by atoms with Crippen LogP contribution in [-0.4, -0.2) is 41.6 Å². The summed E-state index contributed by atoms with van der Waals surface area (Å²) in [6, 6.07) is 15.9. The Balaban J connectivity index is 1.32. The number of fused-ring (bicyclic) bond motifs is 2. The fourth-order valence-electron chi connectivity index (χ4n) is 4.47. The van der Waals surface area contributed by atoms with Gasteiger partial charge in [0, 0.05) is 24.1 Å². The van der Waals surface area contributed by atoms with Crippen molar-refractivity contribution in [2.75, 3.05) is 7.11 Å². The molecule has 1 saturated heterocycles. The molecule has 1 unspecified atom stereocenters. The zero-order valence-corrected chi connectivity index (χ0v) is 18.5. The van der Waals surface area contributed by atoms with Crippen LogP contribution in [0.2, 0.25) is 0 Å². The molecule has 0 aliphatic carbocycles. The van der Waals surface area contributed by atoms with E-state index in [1.807, 2.05) is 36.4 Å². The van der Waals surface area contributed by atoms with Crippen molar-refractivity contribution in [2.45, 2.75) is 25.4 Å². The lowest BCUT2D eigenvalue weighted by atomic mass is 10.0. The zero-order chi connectivity index (χ0) is 23.8. The summed E-state index contributed by atoms with van der Waals surface area (Å²) < 4.78 is 5.24. The minimum Gasteiger partial charge on any atom is -0.497 e. The van der Waals surface area contributed by atoms with E-state index in [2.05, 4.69) is 5.32 Å². The van der Waals surface area contributed by atoms with Crippen LogP contribution >= 0.6 is 0 Å². The number of ether oxygens (including phenoxy) is 1. The number of hydrogen-bond donors (Lipinski definition) is 1. The predicted molar refractivity (Wildman–Crippen MR) is 126 cm³/mol. The smallest absolute Gasteiger partial charge is 0.255 e. The van der Waals surface area contributed by atoms with Gasteiger partial charge in [-0.05, 0) is 64.7 Å². The Labute approximate surface area is 196 Å². The zero-order valence-electron chi connectivity index (χ0n) is 18.5. The molecule has 0 saturated carbocycles. The van der Waals surface area contributed by atoms with Crippen molar-refractivity contribution in [2.24, 2.45) is 0 Å². The third-order valence-corrected chi connectivity index (χ3v) is 6.31. The topological polar surface area (TPSA) is 92.8 Å². The van der Waals surface area contributed by atoms with Crippen molar-refractivity contribution in [3.05, 3.63) is 82.9 Å². The van der Waals surface area contributed by atoms with Gasteiger partial charge in [-0.25, -0.2) is 0 Å². The molecule has 0 spiro atoms. The van der Waals surface area contributed by atoms with Gasteiger partial charge in [-0.1, -0.05) is 30.3 Å². The van der Waals surface area contributed by atoms with Gasteiger partial charge < -0.3 is 9.64 Å². The number of imide groups is 1. The Morgan fingerprint density at radius 3 is 2.62 bits per heavy atom. The molecule has 5 rings (SSSR count). The average molecular weight is 454 g/mol. The van der Waals surface area contributed by atoms with Crippen LogP contribution in [0.5, 0.6) is 5.75 Å². The molecule has 0 radical (unpaired) electrons. The molecule has 1 atom stereocenters. The fourth-order valence-corrected chi connectivity index (χ4v) is 4.47. The van der Waals surface area contributed by atoms with Crippen molar-refractivity contribution >= 4 is 40.4 Å². The monoisotopic (exact) mass is 454 g/mol. The summed E-state index contributed by atoms with van der Waals surface area (Å²) in [7, 11) is 1.62. The molecule has 7 nitrogen and oxygen atoms in total. The first kappa shape index (κ1) is 21.6. The first-order valence-corrected chi connectivity index (χ1v) is 11.0. The average Bonchev–Trinajstić information content (AvgIpc) is 3.17. The summed E-state index contributed by atoms with van der Waals surface area (Å²) in [5.41, 5.74) is 2.70. The van der Waals surface area contributed by atoms with Crippen LogP contribution < -0.4 is 10.1 Å². The largest absolute Gasteiger partial charge is 0.497 e. The van der Waals surface area contributed by atoms with Gasteiger partial charge in [-0.15, -0.1) is 0 Å². The van der Waals surface area contributed by atoms with Gasteiger partial charge in [-0.3, -0.25) is 24.5 Å². The summed E-state index contributed by atoms with van der Waals surface area (Å²) in [6.45, 7) is 0.296. The standard InChI is InChI=1S/C27H22N2O5/c1-34-21-7-6-17-13-19(5-4-18(17)14-21)24(30)10-3-16-2-8-22-20(12-16)15-29(27(22)33)23-9-11-25(31)28-26(23)32/h2-8,10,12-14,23H,9,11,15H2,1H3,(H,28,31,32)/b10-3+. The van der Waals surface area contributed by atoms with E-state index in [1.54, 1.807) is 31.4 Å². The second-order valence-corrected chi connectivity index (χ2v) is 8.44. The highest BCUT2D eigenvalue weighted by atomic mass is 16.5. The molecular formula is C27H22N2O5. The van der Waals surface area contributed by atoms with Gasteiger partial charge in [0.15, 0.2) is 5.78 Å². The second-order valence-electron chi connectivity index (χ2n) is 8.44. The van der Waals surface area contributed by atoms with E-state index in [9.17, 15) is 19.2 Å². The molecule has 2 aliphatic heterocycles. The van der Waals surface area contributed by atoms with Crippen molar-refractivity contribution in [1.82, 2.24) is 10.2 Å². The highest BCUT2D eigenvalue weighted by Gasteiger charge is 2.38. The van der Waals surface area contributed by atoms with Crippen molar-refractivity contribution in [1.29, 1.82) is 0 Å². The van der Waals surface area contributed by atoms with Gasteiger partial charge in [0.05, 0.1) is 7.11 Å². The Hall–Kier alpha value is -4.26. The lowest BCUT2D eigenvalue weighted by Gasteiger charge is -2.29. The summed E-state index contributed by atoms with van der Waals surface area (Å²) in [6.07, 6.45) is 3.78. The maximum Gasteiger partial charge on any atom is 0.255 e. The van der Waals surface area contributed by atoms with Crippen LogP contribution in [0.3, 0.4) is 0 Å². The second kappa shape index (κ2) is 8.59. The fraction of sp³-hybridized carbons (Fsp3) is 0.185. The normalized spacial score (nSPS) is 17.9. The third-order valence-electron chi connectivity index (χ3n) is 6.31. The number of benzene rings is 3. The van der Waals surface area contributed by atoms with Crippen molar-refractivity contribution < 1.29 is 23.9 Å². The van der Waals surface area contributed by atoms with Crippen molar-refractivity contribution in [3.63, 3.8) is 0 Å². The van der Waals surface area contributed by atoms with E-state index >= 15 is 0 Å². The third kappa shape index (κ3) is 3.96. The summed E-state index contributed by atoms with van der Waals surface area (Å²) in [5, 5.41) is 4.24. The quantitative estimate of drug-likeness (QED) is 0.362. The highest BCUT2D eigenvalue weighted by molar-refractivity contribution is 6.09. The minimum atomic E-state index is -0.647. The summed E-state index contributed by atoms with van der Waals surface area (Å²) >= 11 is 0. The molecule has 34 heavy (non-hydrogen) atoms. The number of nitrogens with one attached hydrogen (secondary N) is 1. The lowest BCUT2D eigenvalue weighted by molar-refractivity contribution is -0.136. The van der Waals surface area contributed by atoms with Gasteiger partial charge in [0.2, 0.25) is 11.8 Å². The molecule has 0 bridgehead atoms. The number of carbonyl (C=O) groups is 4. The molecule has 1 N–H and O–H groups in total. The van der Waals surface area contributed by atoms with Gasteiger partial charge in [0.25, 0.3) is 5.91 Å². The van der Waals surface area contributed by atoms with Crippen molar-refractivity contribution in [3.8, 4) is 5.75 Å². The van der Waals surface area contributed by atoms with Crippen LogP contribution in [0.1, 0.15) is 44.7 Å². The van der Waals surface area contributed by atoms with Crippen LogP contribution in [0.25, 0.3) is 16.8 Å². The molecule has 0 aromatic heterocycles. The maximum absolute atomic E-state index is 12.8. The number of methoxy groups -OCH3 is 1. The number of amides is 3. The SMILES string of the molecule is COc1ccc2cc(C(=O)/C=C/c3ccc4c(c3)CN(C3CCC(=O)NC3=O)C4=O)ccc2c1. The lowest BCUT2D eigenvalue weighted by Crippen LogP contribution is -2.52. The first-order chi connectivity index (χ1) is 16.4. The van der Waals surface area contributed by atoms with Crippen LogP contribution in [-0.2, 0) is 16.1 Å². The molecular weight excluding hydrogens is 432 g/mol. The minimum absolute atomic E-state index is 0.125. The highest BCUT2D eigenvalue weighted by Crippen LogP contribution is 2.28. The Kier molecular flexibility index (Phi) is 5.45.